The molecule has 0 unspecified atom stereocenters. The molecular formula is C17H20ClNO2. The molecule has 0 aliphatic rings. The van der Waals surface area contributed by atoms with Crippen molar-refractivity contribution in [1.82, 2.24) is 5.32 Å². The Hall–Kier alpha value is -1.71. The van der Waals surface area contributed by atoms with E-state index in [1.807, 2.05) is 36.4 Å². The van der Waals surface area contributed by atoms with Crippen molar-refractivity contribution in [1.29, 1.82) is 0 Å². The van der Waals surface area contributed by atoms with Crippen molar-refractivity contribution in [2.45, 2.75) is 19.5 Å². The smallest absolute Gasteiger partial charge is 0.137 e. The van der Waals surface area contributed by atoms with Gasteiger partial charge in [0.05, 0.1) is 19.2 Å². The summed E-state index contributed by atoms with van der Waals surface area (Å²) in [6.45, 7) is 2.84. The Morgan fingerprint density at radius 1 is 1.05 bits per heavy atom. The van der Waals surface area contributed by atoms with E-state index in [0.717, 1.165) is 23.4 Å². The van der Waals surface area contributed by atoms with Crippen molar-refractivity contribution < 1.29 is 9.47 Å². The molecule has 3 nitrogen and oxygen atoms in total. The molecule has 4 heteroatoms. The molecule has 1 N–H and O–H groups in total. The van der Waals surface area contributed by atoms with E-state index in [0.29, 0.717) is 10.8 Å². The maximum Gasteiger partial charge on any atom is 0.137 e. The standard InChI is InChI=1S/C17H20ClNO2/c1-12(14-6-4-5-7-16(14)20-2)19-11-13-8-9-17(21-3)15(18)10-13/h4-10,12,19H,11H2,1-3H3/t12-/m1/s1. The predicted molar refractivity (Wildman–Crippen MR) is 86.3 cm³/mol. The molecule has 0 fully saturated rings. The Morgan fingerprint density at radius 3 is 2.43 bits per heavy atom. The molecule has 0 aromatic heterocycles. The third kappa shape index (κ3) is 3.90. The van der Waals surface area contributed by atoms with E-state index in [4.69, 9.17) is 21.1 Å². The molecule has 2 aromatic carbocycles. The third-order valence-corrected chi connectivity index (χ3v) is 3.73. The number of hydrogen-bond acceptors (Lipinski definition) is 3. The van der Waals surface area contributed by atoms with E-state index >= 15 is 0 Å². The van der Waals surface area contributed by atoms with Crippen molar-refractivity contribution >= 4 is 11.6 Å². The number of benzene rings is 2. The van der Waals surface area contributed by atoms with E-state index in [-0.39, 0.29) is 6.04 Å². The average molecular weight is 306 g/mol. The SMILES string of the molecule is COc1ccc(CN[C@H](C)c2ccccc2OC)cc1Cl. The number of ether oxygens (including phenoxy) is 2. The molecule has 0 aliphatic carbocycles. The number of para-hydroxylation sites is 1. The molecule has 21 heavy (non-hydrogen) atoms. The molecule has 0 amide bonds. The number of halogens is 1. The highest BCUT2D eigenvalue weighted by Gasteiger charge is 2.10. The van der Waals surface area contributed by atoms with Crippen LogP contribution in [0.4, 0.5) is 0 Å². The quantitative estimate of drug-likeness (QED) is 0.867. The minimum atomic E-state index is 0.182. The lowest BCUT2D eigenvalue weighted by atomic mass is 10.1. The number of methoxy groups -OCH3 is 2. The van der Waals surface area contributed by atoms with E-state index < -0.39 is 0 Å². The van der Waals surface area contributed by atoms with Gasteiger partial charge < -0.3 is 14.8 Å². The van der Waals surface area contributed by atoms with Gasteiger partial charge in [-0.25, -0.2) is 0 Å². The van der Waals surface area contributed by atoms with Crippen LogP contribution in [0.3, 0.4) is 0 Å². The first-order valence-electron chi connectivity index (χ1n) is 6.84. The van der Waals surface area contributed by atoms with Gasteiger partial charge in [0, 0.05) is 18.2 Å². The Kier molecular flexibility index (Phi) is 5.48. The van der Waals surface area contributed by atoms with Crippen molar-refractivity contribution in [3.05, 3.63) is 58.6 Å². The van der Waals surface area contributed by atoms with Crippen LogP contribution in [-0.2, 0) is 6.54 Å². The van der Waals surface area contributed by atoms with Gasteiger partial charge in [-0.3, -0.25) is 0 Å². The molecule has 112 valence electrons. The number of rotatable bonds is 6. The maximum absolute atomic E-state index is 6.14. The van der Waals surface area contributed by atoms with Crippen molar-refractivity contribution in [2.75, 3.05) is 14.2 Å². The monoisotopic (exact) mass is 305 g/mol. The first-order valence-corrected chi connectivity index (χ1v) is 7.22. The molecule has 0 saturated heterocycles. The van der Waals surface area contributed by atoms with Gasteiger partial charge in [-0.15, -0.1) is 0 Å². The van der Waals surface area contributed by atoms with Crippen LogP contribution in [0.2, 0.25) is 5.02 Å². The van der Waals surface area contributed by atoms with Gasteiger partial charge in [0.25, 0.3) is 0 Å². The highest BCUT2D eigenvalue weighted by Crippen LogP contribution is 2.27. The summed E-state index contributed by atoms with van der Waals surface area (Å²) in [6, 6.07) is 14.0. The number of hydrogen-bond donors (Lipinski definition) is 1. The van der Waals surface area contributed by atoms with Crippen molar-refractivity contribution in [2.24, 2.45) is 0 Å². The fraction of sp³-hybridized carbons (Fsp3) is 0.294. The molecule has 0 bridgehead atoms. The second-order valence-corrected chi connectivity index (χ2v) is 5.22. The molecule has 2 aromatic rings. The molecular weight excluding hydrogens is 286 g/mol. The summed E-state index contributed by atoms with van der Waals surface area (Å²) in [5.41, 5.74) is 2.25. The molecule has 0 aliphatic heterocycles. The van der Waals surface area contributed by atoms with E-state index in [1.165, 1.54) is 0 Å². The molecule has 1 atom stereocenters. The van der Waals surface area contributed by atoms with Crippen LogP contribution < -0.4 is 14.8 Å². The van der Waals surface area contributed by atoms with Gasteiger partial charge in [-0.1, -0.05) is 35.9 Å². The Morgan fingerprint density at radius 2 is 1.76 bits per heavy atom. The Balaban J connectivity index is 2.04. The lowest BCUT2D eigenvalue weighted by molar-refractivity contribution is 0.401. The summed E-state index contributed by atoms with van der Waals surface area (Å²) in [4.78, 5) is 0. The van der Waals surface area contributed by atoms with Gasteiger partial charge in [0.1, 0.15) is 11.5 Å². The van der Waals surface area contributed by atoms with Crippen LogP contribution in [0.15, 0.2) is 42.5 Å². The normalized spacial score (nSPS) is 12.0. The zero-order chi connectivity index (χ0) is 15.2. The van der Waals surface area contributed by atoms with Gasteiger partial charge in [0.2, 0.25) is 0 Å². The Labute approximate surface area is 130 Å². The van der Waals surface area contributed by atoms with Crippen LogP contribution in [0, 0.1) is 0 Å². The van der Waals surface area contributed by atoms with E-state index in [1.54, 1.807) is 14.2 Å². The van der Waals surface area contributed by atoms with Crippen molar-refractivity contribution in [3.63, 3.8) is 0 Å². The highest BCUT2D eigenvalue weighted by atomic mass is 35.5. The average Bonchev–Trinajstić information content (AvgIpc) is 2.52. The van der Waals surface area contributed by atoms with Crippen LogP contribution in [0.1, 0.15) is 24.1 Å². The van der Waals surface area contributed by atoms with Gasteiger partial charge in [-0.2, -0.15) is 0 Å². The van der Waals surface area contributed by atoms with Crippen LogP contribution in [0.5, 0.6) is 11.5 Å². The first kappa shape index (κ1) is 15.7. The third-order valence-electron chi connectivity index (χ3n) is 3.43. The maximum atomic E-state index is 6.14. The van der Waals surface area contributed by atoms with Crippen LogP contribution >= 0.6 is 11.6 Å². The minimum Gasteiger partial charge on any atom is -0.496 e. The zero-order valence-corrected chi connectivity index (χ0v) is 13.3. The lowest BCUT2D eigenvalue weighted by Gasteiger charge is -2.17. The summed E-state index contributed by atoms with van der Waals surface area (Å²) >= 11 is 6.14. The summed E-state index contributed by atoms with van der Waals surface area (Å²) < 4.78 is 10.5. The molecule has 0 radical (unpaired) electrons. The van der Waals surface area contributed by atoms with Crippen LogP contribution in [0.25, 0.3) is 0 Å². The number of nitrogens with one attached hydrogen (secondary N) is 1. The second kappa shape index (κ2) is 7.34. The molecule has 0 spiro atoms. The minimum absolute atomic E-state index is 0.182. The topological polar surface area (TPSA) is 30.5 Å². The second-order valence-electron chi connectivity index (χ2n) is 4.81. The van der Waals surface area contributed by atoms with Crippen molar-refractivity contribution in [3.8, 4) is 11.5 Å². The Bertz CT molecular complexity index is 601. The molecule has 0 heterocycles. The summed E-state index contributed by atoms with van der Waals surface area (Å²) in [6.07, 6.45) is 0. The largest absolute Gasteiger partial charge is 0.496 e. The van der Waals surface area contributed by atoms with Crippen LogP contribution in [-0.4, -0.2) is 14.2 Å². The molecule has 2 rings (SSSR count). The van der Waals surface area contributed by atoms with E-state index in [9.17, 15) is 0 Å². The lowest BCUT2D eigenvalue weighted by Crippen LogP contribution is -2.18. The van der Waals surface area contributed by atoms with Gasteiger partial charge >= 0.3 is 0 Å². The zero-order valence-electron chi connectivity index (χ0n) is 12.5. The highest BCUT2D eigenvalue weighted by molar-refractivity contribution is 6.32. The van der Waals surface area contributed by atoms with E-state index in [2.05, 4.69) is 18.3 Å². The summed E-state index contributed by atoms with van der Waals surface area (Å²) in [5.74, 6) is 1.59. The summed E-state index contributed by atoms with van der Waals surface area (Å²) in [7, 11) is 3.30. The summed E-state index contributed by atoms with van der Waals surface area (Å²) in [5, 5.41) is 4.10. The van der Waals surface area contributed by atoms with Gasteiger partial charge in [0.15, 0.2) is 0 Å². The van der Waals surface area contributed by atoms with Gasteiger partial charge in [-0.05, 0) is 30.7 Å². The first-order chi connectivity index (χ1) is 10.2. The fourth-order valence-electron chi connectivity index (χ4n) is 2.22. The molecule has 0 saturated carbocycles. The fourth-order valence-corrected chi connectivity index (χ4v) is 2.51. The predicted octanol–water partition coefficient (Wildman–Crippen LogP) is 4.21.